The van der Waals surface area contributed by atoms with Gasteiger partial charge in [0.2, 0.25) is 10.0 Å². The minimum Gasteiger partial charge on any atom is -0.494 e. The molecule has 2 aromatic carbocycles. The van der Waals surface area contributed by atoms with Gasteiger partial charge in [-0.25, -0.2) is 17.5 Å². The number of halogens is 1. The number of methoxy groups -OCH3 is 1. The van der Waals surface area contributed by atoms with Crippen LogP contribution in [0.15, 0.2) is 47.4 Å². The lowest BCUT2D eigenvalue weighted by atomic mass is 10.1. The van der Waals surface area contributed by atoms with E-state index in [0.29, 0.717) is 11.1 Å². The first-order chi connectivity index (χ1) is 12.3. The van der Waals surface area contributed by atoms with Gasteiger partial charge in [-0.1, -0.05) is 13.0 Å². The number of carbonyl (C=O) groups excluding carboxylic acids is 1. The molecule has 140 valence electrons. The molecule has 0 radical (unpaired) electrons. The van der Waals surface area contributed by atoms with E-state index in [1.54, 1.807) is 20.0 Å². The molecule has 0 aliphatic carbocycles. The Morgan fingerprint density at radius 3 is 2.38 bits per heavy atom. The quantitative estimate of drug-likeness (QED) is 0.800. The van der Waals surface area contributed by atoms with Crippen molar-refractivity contribution >= 4 is 15.9 Å². The molecule has 6 nitrogen and oxygen atoms in total. The Kier molecular flexibility index (Phi) is 6.33. The summed E-state index contributed by atoms with van der Waals surface area (Å²) in [6.07, 6.45) is 0. The Bertz CT molecular complexity index is 883. The van der Waals surface area contributed by atoms with Gasteiger partial charge in [-0.3, -0.25) is 4.79 Å². The van der Waals surface area contributed by atoms with E-state index >= 15 is 0 Å². The number of benzene rings is 2. The van der Waals surface area contributed by atoms with Crippen molar-refractivity contribution in [1.29, 1.82) is 0 Å². The average molecular weight is 380 g/mol. The van der Waals surface area contributed by atoms with Gasteiger partial charge in [0.25, 0.3) is 5.91 Å². The van der Waals surface area contributed by atoms with Gasteiger partial charge in [-0.05, 0) is 42.0 Å². The molecule has 0 atom stereocenters. The molecule has 1 N–H and O–H groups in total. The predicted octanol–water partition coefficient (Wildman–Crippen LogP) is 2.40. The molecule has 0 saturated carbocycles. The minimum atomic E-state index is -3.56. The van der Waals surface area contributed by atoms with Crippen molar-refractivity contribution < 1.29 is 22.3 Å². The summed E-state index contributed by atoms with van der Waals surface area (Å²) in [5.41, 5.74) is 0.961. The standard InChI is InChI=1S/C18H21FN2O4S/c1-4-20-26(23,24)15-8-6-14(7-9-15)18(22)21(2)12-13-5-10-17(25-3)16(19)11-13/h5-11,20H,4,12H2,1-3H3. The highest BCUT2D eigenvalue weighted by Gasteiger charge is 2.16. The Labute approximate surface area is 152 Å². The maximum absolute atomic E-state index is 13.8. The largest absolute Gasteiger partial charge is 0.494 e. The zero-order valence-electron chi connectivity index (χ0n) is 14.8. The molecule has 0 bridgehead atoms. The van der Waals surface area contributed by atoms with Crippen molar-refractivity contribution in [3.63, 3.8) is 0 Å². The molecule has 0 fully saturated rings. The third-order valence-corrected chi connectivity index (χ3v) is 5.29. The molecule has 0 heterocycles. The maximum Gasteiger partial charge on any atom is 0.253 e. The van der Waals surface area contributed by atoms with Crippen LogP contribution in [0.2, 0.25) is 0 Å². The van der Waals surface area contributed by atoms with E-state index in [9.17, 15) is 17.6 Å². The third-order valence-electron chi connectivity index (χ3n) is 3.73. The van der Waals surface area contributed by atoms with Crippen LogP contribution in [0.1, 0.15) is 22.8 Å². The Morgan fingerprint density at radius 2 is 1.85 bits per heavy atom. The predicted molar refractivity (Wildman–Crippen MR) is 96.1 cm³/mol. The zero-order valence-corrected chi connectivity index (χ0v) is 15.6. The van der Waals surface area contributed by atoms with E-state index in [2.05, 4.69) is 4.72 Å². The zero-order chi connectivity index (χ0) is 19.3. The van der Waals surface area contributed by atoms with E-state index in [0.717, 1.165) is 0 Å². The van der Waals surface area contributed by atoms with Gasteiger partial charge in [0.1, 0.15) is 0 Å². The van der Waals surface area contributed by atoms with Crippen LogP contribution in [0.5, 0.6) is 5.75 Å². The van der Waals surface area contributed by atoms with E-state index in [1.807, 2.05) is 0 Å². The lowest BCUT2D eigenvalue weighted by molar-refractivity contribution is 0.0785. The van der Waals surface area contributed by atoms with Crippen molar-refractivity contribution in [2.45, 2.75) is 18.4 Å². The Hall–Kier alpha value is -2.45. The first kappa shape index (κ1) is 19.9. The number of ether oxygens (including phenoxy) is 1. The highest BCUT2D eigenvalue weighted by Crippen LogP contribution is 2.19. The van der Waals surface area contributed by atoms with Crippen molar-refractivity contribution in [2.75, 3.05) is 20.7 Å². The van der Waals surface area contributed by atoms with Crippen LogP contribution < -0.4 is 9.46 Å². The summed E-state index contributed by atoms with van der Waals surface area (Å²) in [5, 5.41) is 0. The van der Waals surface area contributed by atoms with Crippen molar-refractivity contribution in [3.8, 4) is 5.75 Å². The first-order valence-electron chi connectivity index (χ1n) is 7.96. The third kappa shape index (κ3) is 4.59. The molecular weight excluding hydrogens is 359 g/mol. The molecule has 26 heavy (non-hydrogen) atoms. The number of nitrogens with zero attached hydrogens (tertiary/aromatic N) is 1. The van der Waals surface area contributed by atoms with Gasteiger partial charge >= 0.3 is 0 Å². The monoisotopic (exact) mass is 380 g/mol. The molecule has 2 rings (SSSR count). The minimum absolute atomic E-state index is 0.0933. The molecule has 2 aromatic rings. The molecule has 8 heteroatoms. The van der Waals surface area contributed by atoms with Crippen LogP contribution in [-0.2, 0) is 16.6 Å². The maximum atomic E-state index is 13.8. The van der Waals surface area contributed by atoms with Crippen LogP contribution in [0.3, 0.4) is 0 Å². The average Bonchev–Trinajstić information content (AvgIpc) is 2.61. The molecule has 0 aliphatic rings. The fraction of sp³-hybridized carbons (Fsp3) is 0.278. The summed E-state index contributed by atoms with van der Waals surface area (Å²) >= 11 is 0. The Morgan fingerprint density at radius 1 is 1.19 bits per heavy atom. The van der Waals surface area contributed by atoms with Gasteiger partial charge < -0.3 is 9.64 Å². The van der Waals surface area contributed by atoms with E-state index in [-0.39, 0.29) is 29.6 Å². The summed E-state index contributed by atoms with van der Waals surface area (Å²) in [7, 11) is -0.588. The summed E-state index contributed by atoms with van der Waals surface area (Å²) in [5.74, 6) is -0.655. The molecule has 0 unspecified atom stereocenters. The van der Waals surface area contributed by atoms with E-state index < -0.39 is 15.8 Å². The second-order valence-corrected chi connectivity index (χ2v) is 7.42. The molecular formula is C18H21FN2O4S. The highest BCUT2D eigenvalue weighted by atomic mass is 32.2. The molecule has 0 spiro atoms. The fourth-order valence-corrected chi connectivity index (χ4v) is 3.47. The molecule has 0 aromatic heterocycles. The number of rotatable bonds is 7. The normalized spacial score (nSPS) is 11.2. The second kappa shape index (κ2) is 8.29. The van der Waals surface area contributed by atoms with Crippen LogP contribution in [0.4, 0.5) is 4.39 Å². The van der Waals surface area contributed by atoms with Crippen molar-refractivity contribution in [3.05, 3.63) is 59.4 Å². The lowest BCUT2D eigenvalue weighted by Gasteiger charge is -2.18. The second-order valence-electron chi connectivity index (χ2n) is 5.66. The van der Waals surface area contributed by atoms with Crippen LogP contribution in [0, 0.1) is 5.82 Å². The number of nitrogens with one attached hydrogen (secondary N) is 1. The fourth-order valence-electron chi connectivity index (χ4n) is 2.42. The summed E-state index contributed by atoms with van der Waals surface area (Å²) in [6.45, 7) is 2.17. The number of amides is 1. The SMILES string of the molecule is CCNS(=O)(=O)c1ccc(C(=O)N(C)Cc2ccc(OC)c(F)c2)cc1. The van der Waals surface area contributed by atoms with Crippen molar-refractivity contribution in [1.82, 2.24) is 9.62 Å². The van der Waals surface area contributed by atoms with Crippen LogP contribution in [-0.4, -0.2) is 39.9 Å². The molecule has 1 amide bonds. The molecule has 0 aliphatic heterocycles. The highest BCUT2D eigenvalue weighted by molar-refractivity contribution is 7.89. The molecule has 0 saturated heterocycles. The summed E-state index contributed by atoms with van der Waals surface area (Å²) in [6, 6.07) is 10.2. The number of hydrogen-bond acceptors (Lipinski definition) is 4. The van der Waals surface area contributed by atoms with Gasteiger partial charge in [-0.2, -0.15) is 0 Å². The topological polar surface area (TPSA) is 75.7 Å². The van der Waals surface area contributed by atoms with Gasteiger partial charge in [0.15, 0.2) is 11.6 Å². The van der Waals surface area contributed by atoms with Crippen LogP contribution in [0.25, 0.3) is 0 Å². The summed E-state index contributed by atoms with van der Waals surface area (Å²) in [4.78, 5) is 14.0. The number of hydrogen-bond donors (Lipinski definition) is 1. The number of sulfonamides is 1. The van der Waals surface area contributed by atoms with Gasteiger partial charge in [-0.15, -0.1) is 0 Å². The Balaban J connectivity index is 2.12. The van der Waals surface area contributed by atoms with E-state index in [1.165, 1.54) is 48.4 Å². The van der Waals surface area contributed by atoms with Crippen LogP contribution >= 0.6 is 0 Å². The smallest absolute Gasteiger partial charge is 0.253 e. The lowest BCUT2D eigenvalue weighted by Crippen LogP contribution is -2.26. The first-order valence-corrected chi connectivity index (χ1v) is 9.44. The van der Waals surface area contributed by atoms with E-state index in [4.69, 9.17) is 4.74 Å². The number of carbonyl (C=O) groups is 1. The van der Waals surface area contributed by atoms with Crippen molar-refractivity contribution in [2.24, 2.45) is 0 Å². The van der Waals surface area contributed by atoms with Gasteiger partial charge in [0, 0.05) is 25.7 Å². The van der Waals surface area contributed by atoms with Gasteiger partial charge in [0.05, 0.1) is 12.0 Å². The summed E-state index contributed by atoms with van der Waals surface area (Å²) < 4.78 is 44.8.